The minimum atomic E-state index is -0.312. The van der Waals surface area contributed by atoms with E-state index in [1.807, 2.05) is 6.08 Å². The number of carbonyl (C=O) groups is 1. The van der Waals surface area contributed by atoms with Crippen LogP contribution in [0.2, 0.25) is 0 Å². The van der Waals surface area contributed by atoms with Crippen LogP contribution in [-0.2, 0) is 4.79 Å². The summed E-state index contributed by atoms with van der Waals surface area (Å²) in [6.07, 6.45) is 7.68. The van der Waals surface area contributed by atoms with Crippen LogP contribution in [0.5, 0.6) is 0 Å². The van der Waals surface area contributed by atoms with Crippen LogP contribution in [-0.4, -0.2) is 12.3 Å². The molecule has 0 bridgehead atoms. The highest BCUT2D eigenvalue weighted by Gasteiger charge is 1.92. The van der Waals surface area contributed by atoms with Gasteiger partial charge in [0.15, 0.2) is 0 Å². The zero-order valence-corrected chi connectivity index (χ0v) is 6.42. The predicted octanol–water partition coefficient (Wildman–Crippen LogP) is 1.26. The first-order valence-electron chi connectivity index (χ1n) is 3.67. The zero-order chi connectivity index (χ0) is 7.82. The predicted molar refractivity (Wildman–Crippen MR) is 42.7 cm³/mol. The summed E-state index contributed by atoms with van der Waals surface area (Å²) in [5.41, 5.74) is 5.34. The van der Waals surface area contributed by atoms with Crippen LogP contribution >= 0.6 is 0 Å². The fourth-order valence-corrected chi connectivity index (χ4v) is 0.593. The molecule has 0 rings (SSSR count). The molecule has 1 atom stereocenters. The molecule has 0 radical (unpaired) electrons. The first-order chi connectivity index (χ1) is 4.81. The quantitative estimate of drug-likeness (QED) is 0.462. The van der Waals surface area contributed by atoms with Crippen molar-refractivity contribution in [2.45, 2.75) is 32.2 Å². The van der Waals surface area contributed by atoms with Crippen molar-refractivity contribution >= 4 is 6.29 Å². The standard InChI is InChI=1S/C8H15NO/c1-2-3-4-5-6-8(9)7-10/h4-5,7-8H,2-3,6,9H2,1H3/b5-4-. The lowest BCUT2D eigenvalue weighted by atomic mass is 10.2. The first kappa shape index (κ1) is 9.37. The maximum absolute atomic E-state index is 10.0. The van der Waals surface area contributed by atoms with E-state index in [1.54, 1.807) is 0 Å². The Labute approximate surface area is 62.1 Å². The van der Waals surface area contributed by atoms with E-state index in [4.69, 9.17) is 5.73 Å². The number of hydrogen-bond acceptors (Lipinski definition) is 2. The molecule has 0 aromatic rings. The van der Waals surface area contributed by atoms with Crippen molar-refractivity contribution in [3.63, 3.8) is 0 Å². The molecule has 0 aromatic heterocycles. The monoisotopic (exact) mass is 141 g/mol. The molecule has 0 amide bonds. The molecule has 10 heavy (non-hydrogen) atoms. The molecule has 0 aliphatic carbocycles. The summed E-state index contributed by atoms with van der Waals surface area (Å²) in [6, 6.07) is -0.312. The van der Waals surface area contributed by atoms with E-state index in [2.05, 4.69) is 13.0 Å². The van der Waals surface area contributed by atoms with Gasteiger partial charge in [0, 0.05) is 0 Å². The molecule has 2 nitrogen and oxygen atoms in total. The smallest absolute Gasteiger partial charge is 0.136 e. The molecular weight excluding hydrogens is 126 g/mol. The van der Waals surface area contributed by atoms with E-state index < -0.39 is 0 Å². The van der Waals surface area contributed by atoms with Crippen LogP contribution in [0.3, 0.4) is 0 Å². The summed E-state index contributed by atoms with van der Waals surface area (Å²) in [4.78, 5) is 10.0. The molecule has 0 aromatic carbocycles. The average Bonchev–Trinajstić information content (AvgIpc) is 1.98. The van der Waals surface area contributed by atoms with Crippen LogP contribution in [0, 0.1) is 0 Å². The molecule has 0 aliphatic rings. The average molecular weight is 141 g/mol. The molecule has 0 fully saturated rings. The summed E-state index contributed by atoms with van der Waals surface area (Å²) >= 11 is 0. The van der Waals surface area contributed by atoms with Gasteiger partial charge >= 0.3 is 0 Å². The van der Waals surface area contributed by atoms with Crippen LogP contribution in [0.15, 0.2) is 12.2 Å². The van der Waals surface area contributed by atoms with Crippen LogP contribution in [0.25, 0.3) is 0 Å². The molecule has 0 aliphatic heterocycles. The van der Waals surface area contributed by atoms with Crippen molar-refractivity contribution in [3.8, 4) is 0 Å². The number of carbonyl (C=O) groups excluding carboxylic acids is 1. The van der Waals surface area contributed by atoms with Gasteiger partial charge in [-0.15, -0.1) is 0 Å². The molecular formula is C8H15NO. The molecule has 0 heterocycles. The number of rotatable bonds is 5. The molecule has 1 unspecified atom stereocenters. The number of aldehydes is 1. The van der Waals surface area contributed by atoms with Crippen LogP contribution in [0.4, 0.5) is 0 Å². The third kappa shape index (κ3) is 5.51. The van der Waals surface area contributed by atoms with E-state index in [1.165, 1.54) is 0 Å². The highest BCUT2D eigenvalue weighted by atomic mass is 16.1. The molecule has 0 saturated heterocycles. The van der Waals surface area contributed by atoms with Gasteiger partial charge in [0.05, 0.1) is 6.04 Å². The maximum atomic E-state index is 10.0. The largest absolute Gasteiger partial charge is 0.321 e. The molecule has 0 saturated carbocycles. The van der Waals surface area contributed by atoms with Gasteiger partial charge in [0.2, 0.25) is 0 Å². The molecule has 0 spiro atoms. The fraction of sp³-hybridized carbons (Fsp3) is 0.625. The Balaban J connectivity index is 3.24. The van der Waals surface area contributed by atoms with E-state index >= 15 is 0 Å². The summed E-state index contributed by atoms with van der Waals surface area (Å²) in [5.74, 6) is 0. The summed E-state index contributed by atoms with van der Waals surface area (Å²) in [7, 11) is 0. The Morgan fingerprint density at radius 1 is 1.50 bits per heavy atom. The Morgan fingerprint density at radius 3 is 2.70 bits per heavy atom. The van der Waals surface area contributed by atoms with Gasteiger partial charge in [-0.1, -0.05) is 25.5 Å². The number of nitrogens with two attached hydrogens (primary N) is 1. The molecule has 2 N–H and O–H groups in total. The third-order valence-corrected chi connectivity index (χ3v) is 1.21. The number of unbranched alkanes of at least 4 members (excludes halogenated alkanes) is 1. The van der Waals surface area contributed by atoms with Crippen molar-refractivity contribution in [2.75, 3.05) is 0 Å². The van der Waals surface area contributed by atoms with Crippen molar-refractivity contribution in [1.29, 1.82) is 0 Å². The van der Waals surface area contributed by atoms with Gasteiger partial charge in [-0.05, 0) is 12.8 Å². The van der Waals surface area contributed by atoms with E-state index in [-0.39, 0.29) is 6.04 Å². The number of allylic oxidation sites excluding steroid dienone is 1. The van der Waals surface area contributed by atoms with Gasteiger partial charge in [0.25, 0.3) is 0 Å². The lowest BCUT2D eigenvalue weighted by Crippen LogP contribution is -2.19. The van der Waals surface area contributed by atoms with Gasteiger partial charge in [0.1, 0.15) is 6.29 Å². The summed E-state index contributed by atoms with van der Waals surface area (Å²) in [6.45, 7) is 2.12. The third-order valence-electron chi connectivity index (χ3n) is 1.21. The van der Waals surface area contributed by atoms with Gasteiger partial charge < -0.3 is 10.5 Å². The van der Waals surface area contributed by atoms with Crippen molar-refractivity contribution in [2.24, 2.45) is 5.73 Å². The minimum absolute atomic E-state index is 0.312. The fourth-order valence-electron chi connectivity index (χ4n) is 0.593. The second-order valence-electron chi connectivity index (χ2n) is 2.30. The van der Waals surface area contributed by atoms with Crippen molar-refractivity contribution in [1.82, 2.24) is 0 Å². The topological polar surface area (TPSA) is 43.1 Å². The first-order valence-corrected chi connectivity index (χ1v) is 3.67. The maximum Gasteiger partial charge on any atom is 0.136 e. The van der Waals surface area contributed by atoms with Gasteiger partial charge in [-0.2, -0.15) is 0 Å². The van der Waals surface area contributed by atoms with Gasteiger partial charge in [-0.3, -0.25) is 0 Å². The Kier molecular flexibility index (Phi) is 6.08. The normalized spacial score (nSPS) is 13.8. The van der Waals surface area contributed by atoms with Crippen molar-refractivity contribution < 1.29 is 4.79 Å². The summed E-state index contributed by atoms with van der Waals surface area (Å²) < 4.78 is 0. The Hall–Kier alpha value is -0.630. The lowest BCUT2D eigenvalue weighted by Gasteiger charge is -1.95. The lowest BCUT2D eigenvalue weighted by molar-refractivity contribution is -0.108. The van der Waals surface area contributed by atoms with E-state index in [9.17, 15) is 4.79 Å². The van der Waals surface area contributed by atoms with Crippen LogP contribution in [0.1, 0.15) is 26.2 Å². The van der Waals surface area contributed by atoms with E-state index in [0.717, 1.165) is 19.1 Å². The Bertz CT molecular complexity index is 110. The molecule has 2 heteroatoms. The summed E-state index contributed by atoms with van der Waals surface area (Å²) in [5, 5.41) is 0. The second-order valence-corrected chi connectivity index (χ2v) is 2.30. The Morgan fingerprint density at radius 2 is 2.20 bits per heavy atom. The highest BCUT2D eigenvalue weighted by Crippen LogP contribution is 1.92. The zero-order valence-electron chi connectivity index (χ0n) is 6.42. The van der Waals surface area contributed by atoms with Crippen molar-refractivity contribution in [3.05, 3.63) is 12.2 Å². The number of hydrogen-bond donors (Lipinski definition) is 1. The van der Waals surface area contributed by atoms with E-state index in [0.29, 0.717) is 6.42 Å². The minimum Gasteiger partial charge on any atom is -0.321 e. The highest BCUT2D eigenvalue weighted by molar-refractivity contribution is 5.57. The van der Waals surface area contributed by atoms with Gasteiger partial charge in [-0.25, -0.2) is 0 Å². The van der Waals surface area contributed by atoms with Crippen LogP contribution < -0.4 is 5.73 Å². The SMILES string of the molecule is CCC/C=C\CC(N)C=O. The second kappa shape index (κ2) is 6.49. The molecule has 58 valence electrons.